The Bertz CT molecular complexity index is 299. The molecule has 0 aliphatic carbocycles. The maximum absolute atomic E-state index is 10.3. The van der Waals surface area contributed by atoms with Crippen molar-refractivity contribution >= 4 is 24.2 Å². The van der Waals surface area contributed by atoms with Gasteiger partial charge in [0.15, 0.2) is 0 Å². The van der Waals surface area contributed by atoms with Crippen molar-refractivity contribution in [2.24, 2.45) is 0 Å². The molecule has 0 saturated heterocycles. The molecule has 0 heterocycles. The van der Waals surface area contributed by atoms with Gasteiger partial charge in [0.1, 0.15) is 6.61 Å². The Balaban J connectivity index is 2.50. The minimum Gasteiger partial charge on any atom is -0.133 e. The summed E-state index contributed by atoms with van der Waals surface area (Å²) in [6.07, 6.45) is 0.982. The molecule has 0 amide bonds. The summed E-state index contributed by atoms with van der Waals surface area (Å²) in [4.78, 5) is 8.43. The average molecular weight is 278 g/mol. The zero-order chi connectivity index (χ0) is 10.4. The molecule has 1 aromatic carbocycles. The molecule has 1 N–H and O–H groups in total. The fourth-order valence-corrected chi connectivity index (χ4v) is 1.76. The van der Waals surface area contributed by atoms with E-state index in [-0.39, 0.29) is 6.61 Å². The van der Waals surface area contributed by atoms with Crippen molar-refractivity contribution in [3.05, 3.63) is 35.4 Å². The van der Waals surface area contributed by atoms with Crippen molar-refractivity contribution in [1.29, 1.82) is 0 Å². The van der Waals surface area contributed by atoms with E-state index in [1.54, 1.807) is 0 Å². The Morgan fingerprint density at radius 1 is 1.29 bits per heavy atom. The van der Waals surface area contributed by atoms with Crippen LogP contribution in [0.15, 0.2) is 24.3 Å². The summed E-state index contributed by atoms with van der Waals surface area (Å²) < 4.78 is 14.8. The molecule has 0 aliphatic heterocycles. The van der Waals surface area contributed by atoms with Gasteiger partial charge >= 0.3 is 8.25 Å². The molecular weight excluding hydrogens is 267 g/mol. The number of hydrogen-bond donors (Lipinski definition) is 1. The van der Waals surface area contributed by atoms with E-state index in [1.165, 1.54) is 5.56 Å². The molecule has 1 atom stereocenters. The van der Waals surface area contributed by atoms with Crippen molar-refractivity contribution in [3.8, 4) is 0 Å². The van der Waals surface area contributed by atoms with Gasteiger partial charge in [0, 0.05) is 9.90 Å². The average Bonchev–Trinajstić information content (AvgIpc) is 2.17. The van der Waals surface area contributed by atoms with Crippen LogP contribution < -0.4 is 0 Å². The second-order valence-electron chi connectivity index (χ2n) is 2.77. The number of rotatable bonds is 5. The highest BCUT2D eigenvalue weighted by atomic mass is 79.9. The van der Waals surface area contributed by atoms with Gasteiger partial charge in [0.2, 0.25) is 0 Å². The first-order chi connectivity index (χ1) is 6.72. The van der Waals surface area contributed by atoms with E-state index in [4.69, 9.17) is 4.89 Å². The van der Waals surface area contributed by atoms with E-state index in [2.05, 4.69) is 20.5 Å². The number of benzene rings is 1. The van der Waals surface area contributed by atoms with Crippen LogP contribution in [0.2, 0.25) is 0 Å². The zero-order valence-electron chi connectivity index (χ0n) is 7.52. The van der Waals surface area contributed by atoms with Gasteiger partial charge in [0.25, 0.3) is 0 Å². The molecule has 1 rings (SSSR count). The summed E-state index contributed by atoms with van der Waals surface area (Å²) in [6.45, 7) is 0.181. The van der Waals surface area contributed by atoms with Crippen molar-refractivity contribution in [2.75, 3.05) is 5.33 Å². The highest BCUT2D eigenvalue weighted by Crippen LogP contribution is 2.18. The first-order valence-corrected chi connectivity index (χ1v) is 6.40. The number of halogens is 1. The molecule has 0 bridgehead atoms. The Morgan fingerprint density at radius 2 is 1.86 bits per heavy atom. The molecular formula is C9H11BrO3P+. The number of aryl methyl sites for hydroxylation is 1. The smallest absolute Gasteiger partial charge is 0.133 e. The summed E-state index contributed by atoms with van der Waals surface area (Å²) in [7, 11) is -2.50. The van der Waals surface area contributed by atoms with Crippen LogP contribution in [-0.4, -0.2) is 10.2 Å². The van der Waals surface area contributed by atoms with E-state index in [1.807, 2.05) is 24.3 Å². The van der Waals surface area contributed by atoms with E-state index in [9.17, 15) is 4.57 Å². The third-order valence-electron chi connectivity index (χ3n) is 1.75. The summed E-state index contributed by atoms with van der Waals surface area (Å²) in [5.41, 5.74) is 2.14. The van der Waals surface area contributed by atoms with Crippen LogP contribution in [0.4, 0.5) is 0 Å². The molecule has 0 aromatic heterocycles. The monoisotopic (exact) mass is 277 g/mol. The fourth-order valence-electron chi connectivity index (χ4n) is 1.04. The maximum atomic E-state index is 10.3. The molecule has 0 spiro atoms. The van der Waals surface area contributed by atoms with E-state index >= 15 is 0 Å². The summed E-state index contributed by atoms with van der Waals surface area (Å²) in [5.74, 6) is 0. The SMILES string of the molecule is O=[P+](O)OCc1ccc(CCBr)cc1. The predicted octanol–water partition coefficient (Wildman–Crippen LogP) is 2.79. The summed E-state index contributed by atoms with van der Waals surface area (Å²) in [6, 6.07) is 7.78. The molecule has 0 fully saturated rings. The van der Waals surface area contributed by atoms with Gasteiger partial charge in [-0.25, -0.2) is 0 Å². The molecule has 5 heteroatoms. The Labute approximate surface area is 92.2 Å². The van der Waals surface area contributed by atoms with Gasteiger partial charge in [0.05, 0.1) is 0 Å². The lowest BCUT2D eigenvalue weighted by Gasteiger charge is -1.99. The predicted molar refractivity (Wildman–Crippen MR) is 58.6 cm³/mol. The highest BCUT2D eigenvalue weighted by molar-refractivity contribution is 9.09. The third-order valence-corrected chi connectivity index (χ3v) is 2.49. The number of hydrogen-bond acceptors (Lipinski definition) is 2. The minimum absolute atomic E-state index is 0.181. The van der Waals surface area contributed by atoms with Gasteiger partial charge in [-0.3, -0.25) is 0 Å². The lowest BCUT2D eigenvalue weighted by atomic mass is 10.1. The molecule has 3 nitrogen and oxygen atoms in total. The first-order valence-electron chi connectivity index (χ1n) is 4.15. The Hall–Kier alpha value is -0.280. The molecule has 14 heavy (non-hydrogen) atoms. The first kappa shape index (κ1) is 11.8. The Kier molecular flexibility index (Phi) is 5.26. The second-order valence-corrected chi connectivity index (χ2v) is 4.29. The normalized spacial score (nSPS) is 11.4. The lowest BCUT2D eigenvalue weighted by Crippen LogP contribution is -1.89. The quantitative estimate of drug-likeness (QED) is 0.665. The molecule has 0 radical (unpaired) electrons. The lowest BCUT2D eigenvalue weighted by molar-refractivity contribution is 0.272. The zero-order valence-corrected chi connectivity index (χ0v) is 10.0. The fraction of sp³-hybridized carbons (Fsp3) is 0.333. The van der Waals surface area contributed by atoms with Crippen molar-refractivity contribution in [3.63, 3.8) is 0 Å². The molecule has 76 valence electrons. The second kappa shape index (κ2) is 6.25. The van der Waals surface area contributed by atoms with Crippen LogP contribution in [0.25, 0.3) is 0 Å². The molecule has 0 aliphatic rings. The van der Waals surface area contributed by atoms with Crippen LogP contribution >= 0.6 is 24.2 Å². The van der Waals surface area contributed by atoms with Crippen LogP contribution in [0.3, 0.4) is 0 Å². The van der Waals surface area contributed by atoms with Crippen LogP contribution in [-0.2, 0) is 22.1 Å². The van der Waals surface area contributed by atoms with Gasteiger partial charge < -0.3 is 0 Å². The van der Waals surface area contributed by atoms with Crippen molar-refractivity contribution in [1.82, 2.24) is 0 Å². The molecule has 1 unspecified atom stereocenters. The topological polar surface area (TPSA) is 46.5 Å². The maximum Gasteiger partial charge on any atom is 0.695 e. The van der Waals surface area contributed by atoms with Gasteiger partial charge in [-0.05, 0) is 17.5 Å². The molecule has 1 aromatic rings. The van der Waals surface area contributed by atoms with E-state index in [0.717, 1.165) is 17.3 Å². The van der Waals surface area contributed by atoms with Crippen LogP contribution in [0.5, 0.6) is 0 Å². The standard InChI is InChI=1S/C9H10BrO3P/c10-6-5-8-1-3-9(4-2-8)7-13-14(11)12/h1-4H,5-7H2/p+1. The summed E-state index contributed by atoms with van der Waals surface area (Å²) in [5, 5.41) is 0.936. The number of alkyl halides is 1. The third kappa shape index (κ3) is 4.29. The van der Waals surface area contributed by atoms with Gasteiger partial charge in [-0.15, -0.1) is 9.42 Å². The van der Waals surface area contributed by atoms with E-state index < -0.39 is 8.25 Å². The molecule has 0 saturated carbocycles. The van der Waals surface area contributed by atoms with Crippen LogP contribution in [0, 0.1) is 0 Å². The summed E-state index contributed by atoms with van der Waals surface area (Å²) >= 11 is 3.36. The van der Waals surface area contributed by atoms with Crippen molar-refractivity contribution in [2.45, 2.75) is 13.0 Å². The largest absolute Gasteiger partial charge is 0.695 e. The minimum atomic E-state index is -2.50. The van der Waals surface area contributed by atoms with E-state index in [0.29, 0.717) is 0 Å². The van der Waals surface area contributed by atoms with Gasteiger partial charge in [-0.2, -0.15) is 0 Å². The van der Waals surface area contributed by atoms with Crippen molar-refractivity contribution < 1.29 is 14.0 Å². The van der Waals surface area contributed by atoms with Crippen LogP contribution in [0.1, 0.15) is 11.1 Å². The highest BCUT2D eigenvalue weighted by Gasteiger charge is 2.11. The van der Waals surface area contributed by atoms with Gasteiger partial charge in [-0.1, -0.05) is 40.2 Å². The Morgan fingerprint density at radius 3 is 2.36 bits per heavy atom.